The van der Waals surface area contributed by atoms with Gasteiger partial charge in [-0.1, -0.05) is 34.8 Å². The van der Waals surface area contributed by atoms with Crippen molar-refractivity contribution in [1.29, 1.82) is 0 Å². The molecule has 0 saturated heterocycles. The predicted molar refractivity (Wildman–Crippen MR) is 77.8 cm³/mol. The molecule has 1 nitrogen and oxygen atoms in total. The molecule has 1 aromatic carbocycles. The van der Waals surface area contributed by atoms with E-state index < -0.39 is 5.82 Å². The van der Waals surface area contributed by atoms with E-state index in [1.165, 1.54) is 23.5 Å². The maximum absolute atomic E-state index is 13.3. The molecule has 1 N–H and O–H groups in total. The standard InChI is InChI=1S/C12H9Cl3FNS/c1-6(8-5-11(14)18-12(8)15)17-7-2-3-9(13)10(16)4-7/h2-6,17H,1H3. The lowest BCUT2D eigenvalue weighted by molar-refractivity contribution is 0.628. The number of hydrogen-bond donors (Lipinski definition) is 1. The summed E-state index contributed by atoms with van der Waals surface area (Å²) in [5.41, 5.74) is 1.53. The quantitative estimate of drug-likeness (QED) is 0.728. The summed E-state index contributed by atoms with van der Waals surface area (Å²) in [7, 11) is 0. The predicted octanol–water partition coefficient (Wildman–Crippen LogP) is 6.02. The summed E-state index contributed by atoms with van der Waals surface area (Å²) in [6.45, 7) is 1.93. The van der Waals surface area contributed by atoms with Gasteiger partial charge >= 0.3 is 0 Å². The van der Waals surface area contributed by atoms with Crippen molar-refractivity contribution in [1.82, 2.24) is 0 Å². The largest absolute Gasteiger partial charge is 0.378 e. The lowest BCUT2D eigenvalue weighted by atomic mass is 10.1. The molecule has 1 aromatic heterocycles. The number of benzene rings is 1. The number of thiophene rings is 1. The van der Waals surface area contributed by atoms with Gasteiger partial charge in [-0.05, 0) is 31.2 Å². The van der Waals surface area contributed by atoms with Crippen molar-refractivity contribution in [3.05, 3.63) is 49.3 Å². The van der Waals surface area contributed by atoms with Gasteiger partial charge in [0, 0.05) is 11.3 Å². The zero-order valence-corrected chi connectivity index (χ0v) is 12.4. The topological polar surface area (TPSA) is 12.0 Å². The number of anilines is 1. The highest BCUT2D eigenvalue weighted by Gasteiger charge is 2.13. The van der Waals surface area contributed by atoms with Crippen molar-refractivity contribution >= 4 is 51.8 Å². The van der Waals surface area contributed by atoms with Crippen LogP contribution in [-0.4, -0.2) is 0 Å². The van der Waals surface area contributed by atoms with E-state index in [1.807, 2.05) is 6.92 Å². The Labute approximate surface area is 123 Å². The highest BCUT2D eigenvalue weighted by molar-refractivity contribution is 7.20. The molecule has 1 unspecified atom stereocenters. The molecule has 96 valence electrons. The smallest absolute Gasteiger partial charge is 0.143 e. The minimum Gasteiger partial charge on any atom is -0.378 e. The number of halogens is 4. The van der Waals surface area contributed by atoms with Gasteiger partial charge in [-0.25, -0.2) is 4.39 Å². The van der Waals surface area contributed by atoms with Gasteiger partial charge in [-0.3, -0.25) is 0 Å². The first-order chi connectivity index (χ1) is 8.47. The molecule has 18 heavy (non-hydrogen) atoms. The highest BCUT2D eigenvalue weighted by Crippen LogP contribution is 2.36. The van der Waals surface area contributed by atoms with Crippen molar-refractivity contribution < 1.29 is 4.39 Å². The van der Waals surface area contributed by atoms with Gasteiger partial charge < -0.3 is 5.32 Å². The second kappa shape index (κ2) is 5.66. The highest BCUT2D eigenvalue weighted by atomic mass is 35.5. The van der Waals surface area contributed by atoms with Crippen LogP contribution in [0.2, 0.25) is 13.7 Å². The van der Waals surface area contributed by atoms with Crippen molar-refractivity contribution in [2.45, 2.75) is 13.0 Å². The van der Waals surface area contributed by atoms with Crippen LogP contribution in [0.25, 0.3) is 0 Å². The summed E-state index contributed by atoms with van der Waals surface area (Å²) in [5, 5.41) is 3.25. The fraction of sp³-hybridized carbons (Fsp3) is 0.167. The Kier molecular flexibility index (Phi) is 4.38. The Morgan fingerprint density at radius 1 is 1.22 bits per heavy atom. The van der Waals surface area contributed by atoms with Gasteiger partial charge in [-0.15, -0.1) is 11.3 Å². The van der Waals surface area contributed by atoms with E-state index in [1.54, 1.807) is 12.1 Å². The third kappa shape index (κ3) is 3.09. The Balaban J connectivity index is 2.18. The van der Waals surface area contributed by atoms with E-state index in [9.17, 15) is 4.39 Å². The van der Waals surface area contributed by atoms with Crippen molar-refractivity contribution in [2.75, 3.05) is 5.32 Å². The van der Waals surface area contributed by atoms with Crippen LogP contribution in [-0.2, 0) is 0 Å². The summed E-state index contributed by atoms with van der Waals surface area (Å²) in [4.78, 5) is 0. The minimum absolute atomic E-state index is 0.0678. The van der Waals surface area contributed by atoms with Crippen LogP contribution in [0.3, 0.4) is 0 Å². The van der Waals surface area contributed by atoms with Gasteiger partial charge in [0.05, 0.1) is 19.7 Å². The van der Waals surface area contributed by atoms with E-state index in [-0.39, 0.29) is 11.1 Å². The van der Waals surface area contributed by atoms with Crippen molar-refractivity contribution in [3.8, 4) is 0 Å². The summed E-state index contributed by atoms with van der Waals surface area (Å²) in [6.07, 6.45) is 0. The Morgan fingerprint density at radius 2 is 1.94 bits per heavy atom. The molecule has 2 aromatic rings. The van der Waals surface area contributed by atoms with Crippen molar-refractivity contribution in [3.63, 3.8) is 0 Å². The summed E-state index contributed by atoms with van der Waals surface area (Å²) >= 11 is 18.9. The third-order valence-electron chi connectivity index (χ3n) is 2.45. The van der Waals surface area contributed by atoms with Gasteiger partial charge in [-0.2, -0.15) is 0 Å². The third-order valence-corrected chi connectivity index (χ3v) is 4.28. The molecular formula is C12H9Cl3FNS. The van der Waals surface area contributed by atoms with Gasteiger partial charge in [0.25, 0.3) is 0 Å². The number of nitrogens with one attached hydrogen (secondary N) is 1. The fourth-order valence-corrected chi connectivity index (χ4v) is 3.33. The minimum atomic E-state index is -0.455. The molecule has 0 amide bonds. The first-order valence-electron chi connectivity index (χ1n) is 5.13. The molecule has 6 heteroatoms. The van der Waals surface area contributed by atoms with Crippen LogP contribution < -0.4 is 5.32 Å². The van der Waals surface area contributed by atoms with Crippen LogP contribution in [0, 0.1) is 5.82 Å². The lowest BCUT2D eigenvalue weighted by Crippen LogP contribution is -2.06. The van der Waals surface area contributed by atoms with E-state index in [4.69, 9.17) is 34.8 Å². The fourth-order valence-electron chi connectivity index (χ4n) is 1.56. The van der Waals surface area contributed by atoms with Crippen LogP contribution in [0.15, 0.2) is 24.3 Å². The van der Waals surface area contributed by atoms with E-state index >= 15 is 0 Å². The molecule has 1 atom stereocenters. The molecular weight excluding hydrogens is 316 g/mol. The number of rotatable bonds is 3. The van der Waals surface area contributed by atoms with Crippen LogP contribution in [0.5, 0.6) is 0 Å². The SMILES string of the molecule is CC(Nc1ccc(Cl)c(F)c1)c1cc(Cl)sc1Cl. The monoisotopic (exact) mass is 323 g/mol. The molecule has 0 aliphatic rings. The van der Waals surface area contributed by atoms with Gasteiger partial charge in [0.2, 0.25) is 0 Å². The molecule has 0 fully saturated rings. The molecule has 2 rings (SSSR count). The molecule has 0 aliphatic carbocycles. The van der Waals surface area contributed by atoms with Gasteiger partial charge in [0.15, 0.2) is 0 Å². The number of hydrogen-bond acceptors (Lipinski definition) is 2. The Hall–Kier alpha value is -0.480. The normalized spacial score (nSPS) is 12.5. The molecule has 1 heterocycles. The van der Waals surface area contributed by atoms with E-state index in [2.05, 4.69) is 5.32 Å². The zero-order chi connectivity index (χ0) is 13.3. The zero-order valence-electron chi connectivity index (χ0n) is 9.31. The van der Waals surface area contributed by atoms with Crippen LogP contribution in [0.4, 0.5) is 10.1 Å². The Morgan fingerprint density at radius 3 is 2.50 bits per heavy atom. The maximum Gasteiger partial charge on any atom is 0.143 e. The Bertz CT molecular complexity index is 570. The van der Waals surface area contributed by atoms with Crippen LogP contribution >= 0.6 is 46.1 Å². The summed E-state index contributed by atoms with van der Waals surface area (Å²) < 4.78 is 14.6. The second-order valence-corrected chi connectivity index (χ2v) is 6.47. The molecule has 0 saturated carbocycles. The van der Waals surface area contributed by atoms with Crippen molar-refractivity contribution in [2.24, 2.45) is 0 Å². The maximum atomic E-state index is 13.3. The lowest BCUT2D eigenvalue weighted by Gasteiger charge is -2.15. The first-order valence-corrected chi connectivity index (χ1v) is 7.08. The molecule has 0 spiro atoms. The average Bonchev–Trinajstić information content (AvgIpc) is 2.63. The molecule has 0 bridgehead atoms. The summed E-state index contributed by atoms with van der Waals surface area (Å²) in [6, 6.07) is 6.30. The average molecular weight is 325 g/mol. The van der Waals surface area contributed by atoms with E-state index in [0.29, 0.717) is 14.4 Å². The van der Waals surface area contributed by atoms with E-state index in [0.717, 1.165) is 5.56 Å². The summed E-state index contributed by atoms with van der Waals surface area (Å²) in [5.74, 6) is -0.455. The molecule has 0 radical (unpaired) electrons. The molecule has 0 aliphatic heterocycles. The second-order valence-electron chi connectivity index (χ2n) is 3.77. The first kappa shape index (κ1) is 13.9. The van der Waals surface area contributed by atoms with Crippen LogP contribution in [0.1, 0.15) is 18.5 Å². The van der Waals surface area contributed by atoms with Gasteiger partial charge in [0.1, 0.15) is 5.82 Å².